The van der Waals surface area contributed by atoms with Gasteiger partial charge in [0.1, 0.15) is 0 Å². The molecule has 0 aliphatic rings. The first-order valence-corrected chi connectivity index (χ1v) is 11.9. The fourth-order valence-electron chi connectivity index (χ4n) is 3.63. The lowest BCUT2D eigenvalue weighted by Crippen LogP contribution is -2.67. The van der Waals surface area contributed by atoms with Crippen LogP contribution in [0.1, 0.15) is 16.7 Å². The average molecular weight is 897 g/mol. The monoisotopic (exact) mass is 897 g/mol. The van der Waals surface area contributed by atoms with Gasteiger partial charge < -0.3 is 5.73 Å². The molecular formula is C21H4F33N. The highest BCUT2D eigenvalue weighted by atomic mass is 19.5. The van der Waals surface area contributed by atoms with Gasteiger partial charge in [-0.1, -0.05) is 0 Å². The van der Waals surface area contributed by atoms with E-state index in [4.69, 9.17) is 0 Å². The third kappa shape index (κ3) is 6.25. The van der Waals surface area contributed by atoms with Crippen LogP contribution in [0.4, 0.5) is 151 Å². The Balaban J connectivity index is 4.75. The predicted molar refractivity (Wildman–Crippen MR) is 105 cm³/mol. The summed E-state index contributed by atoms with van der Waals surface area (Å²) in [4.78, 5) is 0. The Morgan fingerprint density at radius 3 is 0.618 bits per heavy atom. The van der Waals surface area contributed by atoms with Crippen molar-refractivity contribution in [3.8, 4) is 0 Å². The molecule has 1 nitrogen and oxygen atoms in total. The Morgan fingerprint density at radius 2 is 0.418 bits per heavy atom. The molecule has 0 saturated heterocycles. The molecule has 34 heteroatoms. The van der Waals surface area contributed by atoms with E-state index in [1.807, 2.05) is 0 Å². The molecule has 0 aliphatic carbocycles. The largest absolute Gasteiger partial charge is 0.460 e. The van der Waals surface area contributed by atoms with Crippen molar-refractivity contribution in [1.82, 2.24) is 0 Å². The minimum Gasteiger partial charge on any atom is -0.398 e. The highest BCUT2D eigenvalue weighted by Crippen LogP contribution is 2.66. The van der Waals surface area contributed by atoms with Crippen molar-refractivity contribution in [3.05, 3.63) is 28.8 Å². The number of hydrogen-bond acceptors (Lipinski definition) is 1. The van der Waals surface area contributed by atoms with E-state index in [9.17, 15) is 145 Å². The van der Waals surface area contributed by atoms with Crippen LogP contribution >= 0.6 is 0 Å². The van der Waals surface area contributed by atoms with Crippen molar-refractivity contribution in [2.24, 2.45) is 0 Å². The standard InChI is InChI=1S/C21H4F33N/c22-7(23,10(28,29)13(34,35)16(40,41)19(46,47)48)3-1-5(9(26,27)12(32,33)15(38,39)18(44,45)21(52,53)54)6(55)2-4(3)8(24,25)11(30,31)14(36,37)17(42,43)20(49,50)51/h1-2H,55H2. The molecular weight excluding hydrogens is 893 g/mol. The summed E-state index contributed by atoms with van der Waals surface area (Å²) in [6, 6.07) is -5.57. The quantitative estimate of drug-likeness (QED) is 0.164. The fraction of sp³-hybridized carbons (Fsp3) is 0.714. The maximum Gasteiger partial charge on any atom is 0.460 e. The highest BCUT2D eigenvalue weighted by Gasteiger charge is 2.91. The second-order valence-electron chi connectivity index (χ2n) is 10.4. The maximum atomic E-state index is 14.9. The molecule has 55 heavy (non-hydrogen) atoms. The van der Waals surface area contributed by atoms with Gasteiger partial charge in [-0.15, -0.1) is 0 Å². The van der Waals surface area contributed by atoms with Crippen LogP contribution in [-0.2, 0) is 17.8 Å². The zero-order valence-corrected chi connectivity index (χ0v) is 23.7. The molecule has 2 N–H and O–H groups in total. The van der Waals surface area contributed by atoms with Crippen molar-refractivity contribution in [1.29, 1.82) is 0 Å². The number of anilines is 1. The predicted octanol–water partition coefficient (Wildman–Crippen LogP) is 11.9. The second kappa shape index (κ2) is 12.4. The van der Waals surface area contributed by atoms with Crippen molar-refractivity contribution < 1.29 is 145 Å². The number of halogens is 33. The van der Waals surface area contributed by atoms with E-state index in [0.717, 1.165) is 0 Å². The number of hydrogen-bond donors (Lipinski definition) is 1. The van der Waals surface area contributed by atoms with Gasteiger partial charge in [0.2, 0.25) is 0 Å². The van der Waals surface area contributed by atoms with Crippen LogP contribution in [0.25, 0.3) is 0 Å². The molecule has 0 heterocycles. The van der Waals surface area contributed by atoms with Crippen molar-refractivity contribution in [3.63, 3.8) is 0 Å². The van der Waals surface area contributed by atoms with Gasteiger partial charge in [-0.3, -0.25) is 0 Å². The third-order valence-electron chi connectivity index (χ3n) is 6.82. The van der Waals surface area contributed by atoms with E-state index in [0.29, 0.717) is 0 Å². The number of nitrogen functional groups attached to an aromatic ring is 1. The molecule has 0 bridgehead atoms. The molecule has 1 aromatic rings. The molecule has 0 radical (unpaired) electrons. The zero-order chi connectivity index (χ0) is 45.2. The second-order valence-corrected chi connectivity index (χ2v) is 10.4. The summed E-state index contributed by atoms with van der Waals surface area (Å²) in [5, 5.41) is 0. The van der Waals surface area contributed by atoms with Crippen LogP contribution in [-0.4, -0.2) is 71.8 Å². The molecule has 0 atom stereocenters. The number of rotatable bonds is 12. The lowest BCUT2D eigenvalue weighted by atomic mass is 9.82. The van der Waals surface area contributed by atoms with Crippen LogP contribution in [0.3, 0.4) is 0 Å². The van der Waals surface area contributed by atoms with Crippen LogP contribution < -0.4 is 5.73 Å². The number of benzene rings is 1. The lowest BCUT2D eigenvalue weighted by molar-refractivity contribution is -0.428. The molecule has 0 unspecified atom stereocenters. The molecule has 324 valence electrons. The Bertz CT molecular complexity index is 1580. The summed E-state index contributed by atoms with van der Waals surface area (Å²) in [6.45, 7) is 0. The fourth-order valence-corrected chi connectivity index (χ4v) is 3.63. The SMILES string of the molecule is Nc1cc(C(F)(F)C(F)(F)C(F)(F)C(F)(F)C(F)(F)F)c(C(F)(F)C(F)(F)C(F)(F)C(F)(F)C(F)(F)F)cc1C(F)(F)C(F)(F)C(F)(F)C(F)(F)C(F)(F)F. The maximum absolute atomic E-state index is 14.9. The molecule has 1 aromatic carbocycles. The van der Waals surface area contributed by atoms with Crippen LogP contribution in [0, 0.1) is 0 Å². The summed E-state index contributed by atoms with van der Waals surface area (Å²) in [5.41, 5.74) is -14.5. The Hall–Kier alpha value is -3.29. The minimum absolute atomic E-state index is 2.56. The topological polar surface area (TPSA) is 26.0 Å². The van der Waals surface area contributed by atoms with E-state index in [1.54, 1.807) is 0 Å². The van der Waals surface area contributed by atoms with Crippen molar-refractivity contribution in [2.45, 2.75) is 89.6 Å². The van der Waals surface area contributed by atoms with E-state index >= 15 is 0 Å². The van der Waals surface area contributed by atoms with Crippen molar-refractivity contribution in [2.75, 3.05) is 5.73 Å². The first-order valence-electron chi connectivity index (χ1n) is 11.9. The summed E-state index contributed by atoms with van der Waals surface area (Å²) in [5.74, 6) is -106. The van der Waals surface area contributed by atoms with Gasteiger partial charge in [0.05, 0.1) is 5.56 Å². The highest BCUT2D eigenvalue weighted by molar-refractivity contribution is 5.58. The number of alkyl halides is 33. The molecule has 1 rings (SSSR count). The summed E-state index contributed by atoms with van der Waals surface area (Å²) < 4.78 is 448. The Morgan fingerprint density at radius 1 is 0.236 bits per heavy atom. The summed E-state index contributed by atoms with van der Waals surface area (Å²) >= 11 is 0. The smallest absolute Gasteiger partial charge is 0.398 e. The van der Waals surface area contributed by atoms with Crippen molar-refractivity contribution >= 4 is 5.69 Å². The van der Waals surface area contributed by atoms with Crippen LogP contribution in [0.2, 0.25) is 0 Å². The minimum atomic E-state index is -9.20. The van der Waals surface area contributed by atoms with E-state index < -0.39 is 124 Å². The lowest BCUT2D eigenvalue weighted by Gasteiger charge is -2.41. The van der Waals surface area contributed by atoms with Gasteiger partial charge in [0.15, 0.2) is 0 Å². The molecule has 0 fully saturated rings. The van der Waals surface area contributed by atoms with E-state index in [2.05, 4.69) is 5.73 Å². The van der Waals surface area contributed by atoms with Crippen LogP contribution in [0.15, 0.2) is 12.1 Å². The van der Waals surface area contributed by atoms with E-state index in [1.165, 1.54) is 0 Å². The van der Waals surface area contributed by atoms with E-state index in [-0.39, 0.29) is 0 Å². The molecule has 0 spiro atoms. The average Bonchev–Trinajstić information content (AvgIpc) is 2.93. The summed E-state index contributed by atoms with van der Waals surface area (Å²) in [6.07, 6.45) is -24.7. The Kier molecular flexibility index (Phi) is 11.2. The number of nitrogens with two attached hydrogens (primary N) is 1. The molecule has 0 aliphatic heterocycles. The zero-order valence-electron chi connectivity index (χ0n) is 23.7. The van der Waals surface area contributed by atoms with Gasteiger partial charge in [-0.05, 0) is 12.1 Å². The molecule has 0 aromatic heterocycles. The van der Waals surface area contributed by atoms with Gasteiger partial charge in [0, 0.05) is 16.8 Å². The normalized spacial score (nSPS) is 16.5. The van der Waals surface area contributed by atoms with Gasteiger partial charge in [0.25, 0.3) is 0 Å². The summed E-state index contributed by atoms with van der Waals surface area (Å²) in [7, 11) is 0. The Labute approximate surface area is 276 Å². The van der Waals surface area contributed by atoms with Crippen LogP contribution in [0.5, 0.6) is 0 Å². The first-order chi connectivity index (χ1) is 23.2. The van der Waals surface area contributed by atoms with Gasteiger partial charge in [-0.2, -0.15) is 145 Å². The molecule has 0 saturated carbocycles. The van der Waals surface area contributed by atoms with Gasteiger partial charge in [-0.25, -0.2) is 0 Å². The van der Waals surface area contributed by atoms with Gasteiger partial charge >= 0.3 is 89.6 Å². The first kappa shape index (κ1) is 49.7. The third-order valence-corrected chi connectivity index (χ3v) is 6.82. The molecule has 0 amide bonds.